The fraction of sp³-hybridized carbons (Fsp3) is 0.333. The van der Waals surface area contributed by atoms with Crippen LogP contribution in [-0.2, 0) is 5.33 Å². The Balaban J connectivity index is 3.05. The third-order valence-corrected chi connectivity index (χ3v) is 2.21. The highest BCUT2D eigenvalue weighted by atomic mass is 79.9. The third-order valence-electron chi connectivity index (χ3n) is 1.60. The summed E-state index contributed by atoms with van der Waals surface area (Å²) in [5.74, 6) is 0.483. The average molecular weight is 247 g/mol. The van der Waals surface area contributed by atoms with E-state index in [9.17, 15) is 10.2 Å². The van der Waals surface area contributed by atoms with Gasteiger partial charge in [-0.15, -0.1) is 0 Å². The molecule has 1 rings (SSSR count). The van der Waals surface area contributed by atoms with Crippen LogP contribution in [0.4, 0.5) is 0 Å². The number of benzene rings is 1. The van der Waals surface area contributed by atoms with Gasteiger partial charge in [0.05, 0.1) is 6.61 Å². The second-order valence-electron chi connectivity index (χ2n) is 2.52. The zero-order valence-electron chi connectivity index (χ0n) is 7.25. The predicted molar refractivity (Wildman–Crippen MR) is 53.6 cm³/mol. The zero-order chi connectivity index (χ0) is 9.84. The number of alkyl halides is 1. The summed E-state index contributed by atoms with van der Waals surface area (Å²) in [5.41, 5.74) is 0.640. The van der Waals surface area contributed by atoms with Gasteiger partial charge in [0.1, 0.15) is 5.75 Å². The molecule has 0 amide bonds. The van der Waals surface area contributed by atoms with Crippen molar-refractivity contribution in [2.45, 2.75) is 12.3 Å². The van der Waals surface area contributed by atoms with Gasteiger partial charge >= 0.3 is 0 Å². The Morgan fingerprint density at radius 2 is 2.00 bits per heavy atom. The van der Waals surface area contributed by atoms with Gasteiger partial charge in [0.2, 0.25) is 0 Å². The molecule has 0 aliphatic rings. The maximum atomic E-state index is 9.42. The molecule has 0 aliphatic carbocycles. The van der Waals surface area contributed by atoms with E-state index in [0.29, 0.717) is 23.2 Å². The van der Waals surface area contributed by atoms with Crippen molar-refractivity contribution in [2.24, 2.45) is 0 Å². The van der Waals surface area contributed by atoms with Gasteiger partial charge in [-0.2, -0.15) is 0 Å². The highest BCUT2D eigenvalue weighted by molar-refractivity contribution is 9.08. The molecule has 0 bridgehead atoms. The highest BCUT2D eigenvalue weighted by Gasteiger charge is 2.07. The van der Waals surface area contributed by atoms with E-state index in [1.807, 2.05) is 6.92 Å². The first-order valence-corrected chi connectivity index (χ1v) is 5.04. The van der Waals surface area contributed by atoms with E-state index in [2.05, 4.69) is 15.9 Å². The van der Waals surface area contributed by atoms with Gasteiger partial charge in [0, 0.05) is 17.0 Å². The number of hydrogen-bond acceptors (Lipinski definition) is 3. The lowest BCUT2D eigenvalue weighted by atomic mass is 10.2. The maximum absolute atomic E-state index is 9.42. The molecule has 1 aromatic rings. The fourth-order valence-electron chi connectivity index (χ4n) is 0.979. The van der Waals surface area contributed by atoms with Gasteiger partial charge in [-0.25, -0.2) is 0 Å². The summed E-state index contributed by atoms with van der Waals surface area (Å²) < 4.78 is 5.09. The first-order valence-electron chi connectivity index (χ1n) is 3.92. The lowest BCUT2D eigenvalue weighted by Crippen LogP contribution is -1.92. The SMILES string of the molecule is CCOc1cc(O)c(CBr)cc1O. The predicted octanol–water partition coefficient (Wildman–Crippen LogP) is 2.39. The van der Waals surface area contributed by atoms with Crippen LogP contribution in [0.5, 0.6) is 17.2 Å². The highest BCUT2D eigenvalue weighted by Crippen LogP contribution is 2.34. The molecule has 0 radical (unpaired) electrons. The zero-order valence-corrected chi connectivity index (χ0v) is 8.84. The molecule has 0 saturated carbocycles. The molecule has 0 heterocycles. The summed E-state index contributed by atoms with van der Waals surface area (Å²) in [6.07, 6.45) is 0. The smallest absolute Gasteiger partial charge is 0.164 e. The summed E-state index contributed by atoms with van der Waals surface area (Å²) in [6.45, 7) is 2.27. The Labute approximate surface area is 85.1 Å². The Hall–Kier alpha value is -0.900. The van der Waals surface area contributed by atoms with Crippen molar-refractivity contribution in [3.8, 4) is 17.2 Å². The van der Waals surface area contributed by atoms with E-state index in [0.717, 1.165) is 0 Å². The van der Waals surface area contributed by atoms with Gasteiger partial charge in [0.25, 0.3) is 0 Å². The van der Waals surface area contributed by atoms with E-state index in [-0.39, 0.29) is 11.5 Å². The summed E-state index contributed by atoms with van der Waals surface area (Å²) >= 11 is 3.19. The minimum Gasteiger partial charge on any atom is -0.507 e. The Morgan fingerprint density at radius 1 is 1.31 bits per heavy atom. The summed E-state index contributed by atoms with van der Waals surface area (Å²) in [6, 6.07) is 2.89. The fourth-order valence-corrected chi connectivity index (χ4v) is 1.43. The van der Waals surface area contributed by atoms with E-state index in [1.54, 1.807) is 0 Å². The number of phenolic OH excluding ortho intramolecular Hbond substituents is 2. The molecule has 1 aromatic carbocycles. The minimum atomic E-state index is 0.0501. The van der Waals surface area contributed by atoms with Crippen LogP contribution in [0.3, 0.4) is 0 Å². The van der Waals surface area contributed by atoms with Crippen molar-refractivity contribution in [1.82, 2.24) is 0 Å². The molecule has 4 heteroatoms. The number of aromatic hydroxyl groups is 2. The largest absolute Gasteiger partial charge is 0.507 e. The molecule has 0 fully saturated rings. The molecule has 3 nitrogen and oxygen atoms in total. The van der Waals surface area contributed by atoms with Gasteiger partial charge in [-0.1, -0.05) is 15.9 Å². The third kappa shape index (κ3) is 2.28. The molecule has 0 unspecified atom stereocenters. The minimum absolute atomic E-state index is 0.0501. The second kappa shape index (κ2) is 4.37. The van der Waals surface area contributed by atoms with Crippen LogP contribution in [0.15, 0.2) is 12.1 Å². The summed E-state index contributed by atoms with van der Waals surface area (Å²) in [7, 11) is 0. The van der Waals surface area contributed by atoms with E-state index < -0.39 is 0 Å². The van der Waals surface area contributed by atoms with Gasteiger partial charge in [-0.3, -0.25) is 0 Å². The lowest BCUT2D eigenvalue weighted by molar-refractivity contribution is 0.315. The quantitative estimate of drug-likeness (QED) is 0.636. The van der Waals surface area contributed by atoms with Gasteiger partial charge in [0.15, 0.2) is 11.5 Å². The van der Waals surface area contributed by atoms with E-state index in [1.165, 1.54) is 12.1 Å². The number of phenols is 2. The van der Waals surface area contributed by atoms with Crippen molar-refractivity contribution in [3.63, 3.8) is 0 Å². The molecule has 0 aromatic heterocycles. The van der Waals surface area contributed by atoms with Crippen molar-refractivity contribution >= 4 is 15.9 Å². The molecular formula is C9H11BrO3. The molecule has 0 aliphatic heterocycles. The number of hydrogen-bond donors (Lipinski definition) is 2. The first kappa shape index (κ1) is 10.2. The first-order chi connectivity index (χ1) is 6.19. The van der Waals surface area contributed by atoms with Crippen molar-refractivity contribution in [3.05, 3.63) is 17.7 Å². The molecule has 2 N–H and O–H groups in total. The second-order valence-corrected chi connectivity index (χ2v) is 3.08. The van der Waals surface area contributed by atoms with Crippen LogP contribution in [0.1, 0.15) is 12.5 Å². The summed E-state index contributed by atoms with van der Waals surface area (Å²) in [5, 5.41) is 19.3. The standard InChI is InChI=1S/C9H11BrO3/c1-2-13-9-4-7(11)6(5-10)3-8(9)12/h3-4,11-12H,2,5H2,1H3. The van der Waals surface area contributed by atoms with Crippen molar-refractivity contribution < 1.29 is 14.9 Å². The normalized spacial score (nSPS) is 10.0. The Morgan fingerprint density at radius 3 is 2.54 bits per heavy atom. The topological polar surface area (TPSA) is 49.7 Å². The van der Waals surface area contributed by atoms with Crippen LogP contribution in [0.2, 0.25) is 0 Å². The van der Waals surface area contributed by atoms with Crippen molar-refractivity contribution in [2.75, 3.05) is 6.61 Å². The molecule has 0 atom stereocenters. The summed E-state index contributed by atoms with van der Waals surface area (Å²) in [4.78, 5) is 0. The van der Waals surface area contributed by atoms with Crippen LogP contribution in [0.25, 0.3) is 0 Å². The maximum Gasteiger partial charge on any atom is 0.164 e. The molecule has 0 saturated heterocycles. The monoisotopic (exact) mass is 246 g/mol. The number of halogens is 1. The number of ether oxygens (including phenoxy) is 1. The average Bonchev–Trinajstić information content (AvgIpc) is 2.11. The van der Waals surface area contributed by atoms with Crippen molar-refractivity contribution in [1.29, 1.82) is 0 Å². The van der Waals surface area contributed by atoms with Crippen LogP contribution in [-0.4, -0.2) is 16.8 Å². The van der Waals surface area contributed by atoms with Gasteiger partial charge < -0.3 is 14.9 Å². The molecular weight excluding hydrogens is 236 g/mol. The van der Waals surface area contributed by atoms with Crippen LogP contribution < -0.4 is 4.74 Å². The number of rotatable bonds is 3. The Bertz CT molecular complexity index is 299. The van der Waals surface area contributed by atoms with E-state index in [4.69, 9.17) is 4.74 Å². The Kier molecular flexibility index (Phi) is 3.42. The van der Waals surface area contributed by atoms with Crippen LogP contribution >= 0.6 is 15.9 Å². The van der Waals surface area contributed by atoms with Crippen LogP contribution in [0, 0.1) is 0 Å². The van der Waals surface area contributed by atoms with E-state index >= 15 is 0 Å². The van der Waals surface area contributed by atoms with Gasteiger partial charge in [-0.05, 0) is 13.0 Å². The molecule has 0 spiro atoms. The molecule has 72 valence electrons. The molecule has 13 heavy (non-hydrogen) atoms. The lowest BCUT2D eigenvalue weighted by Gasteiger charge is -2.08.